The summed E-state index contributed by atoms with van der Waals surface area (Å²) >= 11 is 0. The molecule has 4 nitrogen and oxygen atoms in total. The van der Waals surface area contributed by atoms with Crippen molar-refractivity contribution < 1.29 is 0 Å². The van der Waals surface area contributed by atoms with E-state index in [9.17, 15) is 0 Å². The van der Waals surface area contributed by atoms with Gasteiger partial charge in [-0.15, -0.1) is 0 Å². The van der Waals surface area contributed by atoms with E-state index in [1.807, 2.05) is 10.7 Å². The maximum atomic E-state index is 4.69. The molecule has 0 aliphatic carbocycles. The maximum absolute atomic E-state index is 4.69. The lowest BCUT2D eigenvalue weighted by Crippen LogP contribution is -2.45. The van der Waals surface area contributed by atoms with Crippen molar-refractivity contribution in [1.29, 1.82) is 0 Å². The Morgan fingerprint density at radius 1 is 1.35 bits per heavy atom. The molecule has 0 amide bonds. The number of likely N-dealkylation sites (tertiary alicyclic amines) is 1. The van der Waals surface area contributed by atoms with Gasteiger partial charge >= 0.3 is 0 Å². The summed E-state index contributed by atoms with van der Waals surface area (Å²) in [7, 11) is 0. The van der Waals surface area contributed by atoms with Gasteiger partial charge in [0.25, 0.3) is 0 Å². The fourth-order valence-electron chi connectivity index (χ4n) is 3.25. The number of hydrogen-bond donors (Lipinski definition) is 0. The quantitative estimate of drug-likeness (QED) is 0.861. The molecule has 1 aliphatic rings. The van der Waals surface area contributed by atoms with Crippen molar-refractivity contribution >= 4 is 5.65 Å². The van der Waals surface area contributed by atoms with E-state index in [-0.39, 0.29) is 0 Å². The molecule has 0 aromatic carbocycles. The van der Waals surface area contributed by atoms with Crippen LogP contribution in [0.5, 0.6) is 0 Å². The van der Waals surface area contributed by atoms with E-state index in [4.69, 9.17) is 0 Å². The minimum Gasteiger partial charge on any atom is -0.298 e. The molecule has 3 rings (SSSR count). The monoisotopic (exact) mass is 272 g/mol. The average Bonchev–Trinajstić information content (AvgIpc) is 2.80. The Balaban J connectivity index is 1.80. The van der Waals surface area contributed by atoms with Crippen molar-refractivity contribution in [2.75, 3.05) is 6.54 Å². The van der Waals surface area contributed by atoms with Crippen LogP contribution in [0.4, 0.5) is 0 Å². The molecule has 4 heteroatoms. The molecule has 1 saturated heterocycles. The molecule has 0 spiro atoms. The number of pyridine rings is 1. The summed E-state index contributed by atoms with van der Waals surface area (Å²) in [5, 5.41) is 4.62. The van der Waals surface area contributed by atoms with Crippen LogP contribution in [0.25, 0.3) is 5.65 Å². The molecule has 1 fully saturated rings. The van der Waals surface area contributed by atoms with Crippen molar-refractivity contribution in [2.45, 2.75) is 58.5 Å². The third kappa shape index (κ3) is 2.70. The topological polar surface area (TPSA) is 33.4 Å². The van der Waals surface area contributed by atoms with Gasteiger partial charge in [0.1, 0.15) is 0 Å². The van der Waals surface area contributed by atoms with Crippen LogP contribution < -0.4 is 0 Å². The van der Waals surface area contributed by atoms with Gasteiger partial charge in [0, 0.05) is 24.7 Å². The zero-order valence-electron chi connectivity index (χ0n) is 12.7. The Kier molecular flexibility index (Phi) is 3.74. The number of nitrogens with zero attached hydrogens (tertiary/aromatic N) is 4. The zero-order valence-corrected chi connectivity index (χ0v) is 12.7. The van der Waals surface area contributed by atoms with Crippen molar-refractivity contribution in [3.8, 4) is 0 Å². The summed E-state index contributed by atoms with van der Waals surface area (Å²) in [6.45, 7) is 7.89. The van der Waals surface area contributed by atoms with Crippen LogP contribution in [0.15, 0.2) is 18.3 Å². The zero-order chi connectivity index (χ0) is 14.1. The number of piperidine rings is 1. The molecule has 108 valence electrons. The minimum absolute atomic E-state index is 0.599. The highest BCUT2D eigenvalue weighted by Gasteiger charge is 2.25. The summed E-state index contributed by atoms with van der Waals surface area (Å²) in [5.74, 6) is 0.980. The van der Waals surface area contributed by atoms with Crippen LogP contribution >= 0.6 is 0 Å². The molecule has 1 atom stereocenters. The van der Waals surface area contributed by atoms with E-state index in [2.05, 4.69) is 47.9 Å². The summed E-state index contributed by atoms with van der Waals surface area (Å²) < 4.78 is 1.89. The van der Waals surface area contributed by atoms with E-state index < -0.39 is 0 Å². The van der Waals surface area contributed by atoms with Gasteiger partial charge in [-0.1, -0.05) is 6.42 Å². The minimum atomic E-state index is 0.599. The second-order valence-corrected chi connectivity index (χ2v) is 6.22. The highest BCUT2D eigenvalue weighted by Crippen LogP contribution is 2.22. The molecule has 20 heavy (non-hydrogen) atoms. The number of aromatic nitrogens is 3. The molecule has 0 saturated carbocycles. The lowest BCUT2D eigenvalue weighted by atomic mass is 9.97. The van der Waals surface area contributed by atoms with Crippen molar-refractivity contribution in [1.82, 2.24) is 19.5 Å². The Hall–Kier alpha value is -1.42. The summed E-state index contributed by atoms with van der Waals surface area (Å²) in [5.41, 5.74) is 2.20. The second-order valence-electron chi connectivity index (χ2n) is 6.22. The van der Waals surface area contributed by atoms with Crippen LogP contribution in [0, 0.1) is 6.92 Å². The van der Waals surface area contributed by atoms with Gasteiger partial charge in [-0.05, 0) is 57.9 Å². The van der Waals surface area contributed by atoms with Crippen LogP contribution in [0.2, 0.25) is 0 Å². The number of fused-ring (bicyclic) bond motifs is 1. The lowest BCUT2D eigenvalue weighted by molar-refractivity contribution is 0.110. The van der Waals surface area contributed by atoms with Gasteiger partial charge in [0.2, 0.25) is 0 Å². The van der Waals surface area contributed by atoms with E-state index in [0.29, 0.717) is 12.1 Å². The van der Waals surface area contributed by atoms with Gasteiger partial charge < -0.3 is 0 Å². The van der Waals surface area contributed by atoms with Gasteiger partial charge in [-0.25, -0.2) is 9.50 Å². The molecule has 1 aliphatic heterocycles. The Morgan fingerprint density at radius 3 is 3.00 bits per heavy atom. The average molecular weight is 272 g/mol. The first-order chi connectivity index (χ1) is 9.63. The predicted octanol–water partition coefficient (Wildman–Crippen LogP) is 2.84. The predicted molar refractivity (Wildman–Crippen MR) is 80.9 cm³/mol. The summed E-state index contributed by atoms with van der Waals surface area (Å²) in [6.07, 6.45) is 6.90. The van der Waals surface area contributed by atoms with E-state index in [1.165, 1.54) is 31.4 Å². The highest BCUT2D eigenvalue weighted by molar-refractivity contribution is 5.40. The summed E-state index contributed by atoms with van der Waals surface area (Å²) in [6, 6.07) is 5.38. The molecule has 0 N–H and O–H groups in total. The molecule has 2 aromatic rings. The lowest BCUT2D eigenvalue weighted by Gasteiger charge is -2.38. The van der Waals surface area contributed by atoms with Gasteiger partial charge in [0.15, 0.2) is 11.5 Å². The fourth-order valence-corrected chi connectivity index (χ4v) is 3.25. The Labute approximate surface area is 120 Å². The van der Waals surface area contributed by atoms with Crippen molar-refractivity contribution in [3.63, 3.8) is 0 Å². The second kappa shape index (κ2) is 5.52. The molecular weight excluding hydrogens is 248 g/mol. The van der Waals surface area contributed by atoms with Gasteiger partial charge in [-0.2, -0.15) is 5.10 Å². The molecule has 1 unspecified atom stereocenters. The molecular formula is C16H24N4. The standard InChI is InChI=1S/C16H24N4/c1-12(2)19-8-5-4-6-14(19)11-15-17-16-10-13(3)7-9-20(16)18-15/h7,9-10,12,14H,4-6,8,11H2,1-3H3. The van der Waals surface area contributed by atoms with Crippen molar-refractivity contribution in [3.05, 3.63) is 29.7 Å². The SMILES string of the molecule is Cc1ccn2nc(CC3CCCCN3C(C)C)nc2c1. The van der Waals surface area contributed by atoms with Crippen LogP contribution in [-0.4, -0.2) is 38.1 Å². The molecule has 0 radical (unpaired) electrons. The third-order valence-corrected chi connectivity index (χ3v) is 4.29. The highest BCUT2D eigenvalue weighted by atomic mass is 15.3. The first-order valence-electron chi connectivity index (χ1n) is 7.71. The molecule has 0 bridgehead atoms. The summed E-state index contributed by atoms with van der Waals surface area (Å²) in [4.78, 5) is 7.30. The van der Waals surface area contributed by atoms with E-state index >= 15 is 0 Å². The smallest absolute Gasteiger partial charge is 0.155 e. The number of aryl methyl sites for hydroxylation is 1. The Morgan fingerprint density at radius 2 is 2.20 bits per heavy atom. The van der Waals surface area contributed by atoms with E-state index in [1.54, 1.807) is 0 Å². The van der Waals surface area contributed by atoms with Crippen LogP contribution in [0.1, 0.15) is 44.5 Å². The molecule has 3 heterocycles. The first-order valence-corrected chi connectivity index (χ1v) is 7.71. The van der Waals surface area contributed by atoms with Gasteiger partial charge in [-0.3, -0.25) is 4.90 Å². The van der Waals surface area contributed by atoms with E-state index in [0.717, 1.165) is 17.9 Å². The van der Waals surface area contributed by atoms with Gasteiger partial charge in [0.05, 0.1) is 0 Å². The normalized spacial score (nSPS) is 20.9. The fraction of sp³-hybridized carbons (Fsp3) is 0.625. The van der Waals surface area contributed by atoms with Crippen LogP contribution in [0.3, 0.4) is 0 Å². The number of hydrogen-bond acceptors (Lipinski definition) is 3. The maximum Gasteiger partial charge on any atom is 0.155 e. The molecule has 2 aromatic heterocycles. The van der Waals surface area contributed by atoms with Crippen molar-refractivity contribution in [2.24, 2.45) is 0 Å². The number of rotatable bonds is 3. The first kappa shape index (κ1) is 13.6. The van der Waals surface area contributed by atoms with Crippen LogP contribution in [-0.2, 0) is 6.42 Å². The largest absolute Gasteiger partial charge is 0.298 e. The Bertz CT molecular complexity index is 587. The third-order valence-electron chi connectivity index (χ3n) is 4.29.